The first-order valence-corrected chi connectivity index (χ1v) is 5.57. The van der Waals surface area contributed by atoms with Crippen molar-refractivity contribution in [1.29, 1.82) is 0 Å². The maximum atomic E-state index is 5.98. The van der Waals surface area contributed by atoms with Crippen LogP contribution in [0.25, 0.3) is 0 Å². The van der Waals surface area contributed by atoms with Crippen molar-refractivity contribution in [3.8, 4) is 17.4 Å². The quantitative estimate of drug-likeness (QED) is 0.837. The summed E-state index contributed by atoms with van der Waals surface area (Å²) in [7, 11) is 1.55. The molecule has 2 aromatic rings. The van der Waals surface area contributed by atoms with Gasteiger partial charge in [0.05, 0.1) is 18.3 Å². The molecule has 2 rings (SSSR count). The number of benzene rings is 1. The van der Waals surface area contributed by atoms with Gasteiger partial charge in [0, 0.05) is 11.1 Å². The first-order chi connectivity index (χ1) is 8.19. The average Bonchev–Trinajstić information content (AvgIpc) is 2.34. The molecule has 0 unspecified atom stereocenters. The number of rotatable bonds is 3. The first-order valence-electron chi connectivity index (χ1n) is 4.82. The zero-order chi connectivity index (χ0) is 12.3. The van der Waals surface area contributed by atoms with Gasteiger partial charge in [0.1, 0.15) is 11.5 Å². The minimum atomic E-state index is 0.452. The van der Waals surface area contributed by atoms with Crippen molar-refractivity contribution in [3.63, 3.8) is 0 Å². The van der Waals surface area contributed by atoms with E-state index in [4.69, 9.17) is 32.7 Å². The second kappa shape index (κ2) is 5.25. The van der Waals surface area contributed by atoms with Crippen LogP contribution in [0.2, 0.25) is 10.0 Å². The van der Waals surface area contributed by atoms with E-state index in [1.807, 2.05) is 0 Å². The molecule has 5 heteroatoms. The maximum Gasteiger partial charge on any atom is 0.213 e. The third-order valence-corrected chi connectivity index (χ3v) is 2.57. The molecule has 0 bridgehead atoms. The Labute approximate surface area is 109 Å². The molecule has 0 aliphatic rings. The van der Waals surface area contributed by atoms with Crippen molar-refractivity contribution in [1.82, 2.24) is 4.98 Å². The van der Waals surface area contributed by atoms with Crippen LogP contribution in [0.1, 0.15) is 0 Å². The van der Waals surface area contributed by atoms with Crippen molar-refractivity contribution >= 4 is 23.2 Å². The predicted molar refractivity (Wildman–Crippen MR) is 67.3 cm³/mol. The van der Waals surface area contributed by atoms with Crippen molar-refractivity contribution in [3.05, 3.63) is 46.6 Å². The summed E-state index contributed by atoms with van der Waals surface area (Å²) in [5, 5.41) is 1.02. The molecule has 0 saturated carbocycles. The highest BCUT2D eigenvalue weighted by molar-refractivity contribution is 6.35. The lowest BCUT2D eigenvalue weighted by Gasteiger charge is -2.07. The zero-order valence-corrected chi connectivity index (χ0v) is 10.5. The van der Waals surface area contributed by atoms with Gasteiger partial charge in [0.25, 0.3) is 0 Å². The van der Waals surface area contributed by atoms with E-state index in [0.717, 1.165) is 0 Å². The molecule has 1 heterocycles. The van der Waals surface area contributed by atoms with E-state index in [2.05, 4.69) is 4.98 Å². The SMILES string of the molecule is COc1ccc(Oc2ccc(Cl)cc2Cl)cn1. The standard InChI is InChI=1S/C12H9Cl2NO2/c1-16-12-5-3-9(7-15-12)17-11-4-2-8(13)6-10(11)14/h2-7H,1H3. The number of halogens is 2. The fourth-order valence-corrected chi connectivity index (χ4v) is 1.68. The highest BCUT2D eigenvalue weighted by Gasteiger charge is 2.04. The molecule has 1 aromatic heterocycles. The second-order valence-corrected chi connectivity index (χ2v) is 4.06. The van der Waals surface area contributed by atoms with Crippen LogP contribution >= 0.6 is 23.2 Å². The molecule has 0 fully saturated rings. The predicted octanol–water partition coefficient (Wildman–Crippen LogP) is 4.19. The van der Waals surface area contributed by atoms with Crippen LogP contribution in [-0.4, -0.2) is 12.1 Å². The molecule has 1 aromatic carbocycles. The molecule has 0 aliphatic carbocycles. The Morgan fingerprint density at radius 1 is 1.12 bits per heavy atom. The fraction of sp³-hybridized carbons (Fsp3) is 0.0833. The summed E-state index contributed by atoms with van der Waals surface area (Å²) in [6.07, 6.45) is 1.56. The van der Waals surface area contributed by atoms with E-state index in [1.54, 1.807) is 43.6 Å². The van der Waals surface area contributed by atoms with Gasteiger partial charge in [-0.25, -0.2) is 4.98 Å². The van der Waals surface area contributed by atoms with Crippen molar-refractivity contribution in [2.24, 2.45) is 0 Å². The van der Waals surface area contributed by atoms with E-state index in [0.29, 0.717) is 27.4 Å². The maximum absolute atomic E-state index is 5.98. The highest BCUT2D eigenvalue weighted by atomic mass is 35.5. The van der Waals surface area contributed by atoms with Crippen LogP contribution in [0.5, 0.6) is 17.4 Å². The van der Waals surface area contributed by atoms with Gasteiger partial charge in [-0.15, -0.1) is 0 Å². The summed E-state index contributed by atoms with van der Waals surface area (Å²) in [6.45, 7) is 0. The molecule has 0 amide bonds. The van der Waals surface area contributed by atoms with Gasteiger partial charge >= 0.3 is 0 Å². The Morgan fingerprint density at radius 2 is 1.94 bits per heavy atom. The van der Waals surface area contributed by atoms with E-state index in [1.165, 1.54) is 0 Å². The van der Waals surface area contributed by atoms with Gasteiger partial charge < -0.3 is 9.47 Å². The lowest BCUT2D eigenvalue weighted by molar-refractivity contribution is 0.395. The summed E-state index contributed by atoms with van der Waals surface area (Å²) in [6, 6.07) is 8.49. The summed E-state index contributed by atoms with van der Waals surface area (Å²) in [4.78, 5) is 4.02. The first kappa shape index (κ1) is 12.0. The largest absolute Gasteiger partial charge is 0.481 e. The van der Waals surface area contributed by atoms with Crippen molar-refractivity contribution in [2.45, 2.75) is 0 Å². The molecular formula is C12H9Cl2NO2. The number of pyridine rings is 1. The smallest absolute Gasteiger partial charge is 0.213 e. The fourth-order valence-electron chi connectivity index (χ4n) is 1.23. The lowest BCUT2D eigenvalue weighted by atomic mass is 10.3. The highest BCUT2D eigenvalue weighted by Crippen LogP contribution is 2.31. The Balaban J connectivity index is 2.19. The van der Waals surface area contributed by atoms with Crippen LogP contribution in [0.4, 0.5) is 0 Å². The molecular weight excluding hydrogens is 261 g/mol. The summed E-state index contributed by atoms with van der Waals surface area (Å²) in [5.74, 6) is 1.64. The van der Waals surface area contributed by atoms with E-state index in [-0.39, 0.29) is 0 Å². The molecule has 0 radical (unpaired) electrons. The lowest BCUT2D eigenvalue weighted by Crippen LogP contribution is -1.89. The topological polar surface area (TPSA) is 31.4 Å². The van der Waals surface area contributed by atoms with Gasteiger partial charge in [-0.2, -0.15) is 0 Å². The Kier molecular flexibility index (Phi) is 3.71. The number of ether oxygens (including phenoxy) is 2. The van der Waals surface area contributed by atoms with Gasteiger partial charge in [0.15, 0.2) is 0 Å². The molecule has 0 saturated heterocycles. The Morgan fingerprint density at radius 3 is 2.53 bits per heavy atom. The molecule has 0 spiro atoms. The second-order valence-electron chi connectivity index (χ2n) is 3.21. The third-order valence-electron chi connectivity index (χ3n) is 2.04. The van der Waals surface area contributed by atoms with Crippen LogP contribution in [-0.2, 0) is 0 Å². The van der Waals surface area contributed by atoms with Crippen LogP contribution in [0.3, 0.4) is 0 Å². The molecule has 88 valence electrons. The van der Waals surface area contributed by atoms with E-state index < -0.39 is 0 Å². The number of aromatic nitrogens is 1. The van der Waals surface area contributed by atoms with Gasteiger partial charge in [-0.3, -0.25) is 0 Å². The number of nitrogens with zero attached hydrogens (tertiary/aromatic N) is 1. The van der Waals surface area contributed by atoms with Gasteiger partial charge in [-0.05, 0) is 24.3 Å². The molecule has 17 heavy (non-hydrogen) atoms. The van der Waals surface area contributed by atoms with Gasteiger partial charge in [0.2, 0.25) is 5.88 Å². The van der Waals surface area contributed by atoms with Crippen molar-refractivity contribution < 1.29 is 9.47 Å². The minimum Gasteiger partial charge on any atom is -0.481 e. The van der Waals surface area contributed by atoms with Crippen LogP contribution in [0.15, 0.2) is 36.5 Å². The number of hydrogen-bond donors (Lipinski definition) is 0. The Hall–Kier alpha value is -1.45. The zero-order valence-electron chi connectivity index (χ0n) is 8.98. The molecule has 0 aliphatic heterocycles. The van der Waals surface area contributed by atoms with Crippen molar-refractivity contribution in [2.75, 3.05) is 7.11 Å². The Bertz CT molecular complexity index is 514. The normalized spacial score (nSPS) is 10.1. The van der Waals surface area contributed by atoms with E-state index >= 15 is 0 Å². The monoisotopic (exact) mass is 269 g/mol. The minimum absolute atomic E-state index is 0.452. The molecule has 0 N–H and O–H groups in total. The van der Waals surface area contributed by atoms with Gasteiger partial charge in [-0.1, -0.05) is 23.2 Å². The average molecular weight is 270 g/mol. The third kappa shape index (κ3) is 3.02. The summed E-state index contributed by atoms with van der Waals surface area (Å²) < 4.78 is 10.5. The van der Waals surface area contributed by atoms with E-state index in [9.17, 15) is 0 Å². The van der Waals surface area contributed by atoms with Crippen LogP contribution < -0.4 is 9.47 Å². The summed E-state index contributed by atoms with van der Waals surface area (Å²) >= 11 is 11.8. The summed E-state index contributed by atoms with van der Waals surface area (Å²) in [5.41, 5.74) is 0. The molecule has 3 nitrogen and oxygen atoms in total. The number of hydrogen-bond acceptors (Lipinski definition) is 3. The number of methoxy groups -OCH3 is 1. The molecule has 0 atom stereocenters. The van der Waals surface area contributed by atoms with Crippen LogP contribution in [0, 0.1) is 0 Å².